The maximum absolute atomic E-state index is 8.60. The molecule has 0 saturated carbocycles. The average molecular weight is 196 g/mol. The van der Waals surface area contributed by atoms with Crippen LogP contribution in [-0.4, -0.2) is 0 Å². The second kappa shape index (κ2) is 6.51. The highest BCUT2D eigenvalue weighted by molar-refractivity contribution is 6.31. The maximum atomic E-state index is 8.60. The van der Waals surface area contributed by atoms with Crippen LogP contribution in [0, 0.1) is 11.3 Å². The predicted octanol–water partition coefficient (Wildman–Crippen LogP) is 3.80. The molecule has 0 unspecified atom stereocenters. The summed E-state index contributed by atoms with van der Waals surface area (Å²) in [6.45, 7) is 6.05. The van der Waals surface area contributed by atoms with Crippen LogP contribution in [-0.2, 0) is 6.42 Å². The molecule has 1 rings (SSSR count). The summed E-state index contributed by atoms with van der Waals surface area (Å²) < 4.78 is 0. The van der Waals surface area contributed by atoms with Gasteiger partial charge in [-0.2, -0.15) is 5.26 Å². The molecule has 1 nitrogen and oxygen atoms in total. The Morgan fingerprint density at radius 2 is 2.00 bits per heavy atom. The minimum atomic E-state index is 0.532. The molecule has 0 N–H and O–H groups in total. The van der Waals surface area contributed by atoms with Gasteiger partial charge in [0, 0.05) is 0 Å². The number of benzene rings is 1. The van der Waals surface area contributed by atoms with E-state index in [1.807, 2.05) is 39.0 Å². The molecule has 0 amide bonds. The van der Waals surface area contributed by atoms with Gasteiger partial charge in [-0.1, -0.05) is 38.4 Å². The van der Waals surface area contributed by atoms with Crippen LogP contribution in [0.3, 0.4) is 0 Å². The standard InChI is InChI=1S/C9H8ClN.C2H6/c1-2-7-3-4-9(10)8(5-7)6-11;1-2/h3-5H,2H2,1H3;1-2H3. The van der Waals surface area contributed by atoms with Crippen molar-refractivity contribution in [1.82, 2.24) is 0 Å². The molecule has 0 spiro atoms. The Morgan fingerprint density at radius 3 is 2.46 bits per heavy atom. The van der Waals surface area contributed by atoms with Crippen LogP contribution >= 0.6 is 11.6 Å². The molecule has 0 heterocycles. The van der Waals surface area contributed by atoms with Crippen molar-refractivity contribution >= 4 is 11.6 Å². The molecule has 0 fully saturated rings. The first-order valence-corrected chi connectivity index (χ1v) is 4.84. The lowest BCUT2D eigenvalue weighted by Gasteiger charge is -1.97. The molecular weight excluding hydrogens is 182 g/mol. The Bertz CT molecular complexity index is 299. The molecule has 0 radical (unpaired) electrons. The van der Waals surface area contributed by atoms with Gasteiger partial charge in [0.15, 0.2) is 0 Å². The van der Waals surface area contributed by atoms with E-state index in [9.17, 15) is 0 Å². The Balaban J connectivity index is 0.000000671. The van der Waals surface area contributed by atoms with E-state index in [4.69, 9.17) is 16.9 Å². The molecule has 0 saturated heterocycles. The van der Waals surface area contributed by atoms with Gasteiger partial charge >= 0.3 is 0 Å². The van der Waals surface area contributed by atoms with Crippen LogP contribution < -0.4 is 0 Å². The number of rotatable bonds is 1. The van der Waals surface area contributed by atoms with Gasteiger partial charge in [0.05, 0.1) is 10.6 Å². The van der Waals surface area contributed by atoms with Gasteiger partial charge in [-0.25, -0.2) is 0 Å². The van der Waals surface area contributed by atoms with Crippen LogP contribution in [0.4, 0.5) is 0 Å². The summed E-state index contributed by atoms with van der Waals surface area (Å²) >= 11 is 5.73. The molecule has 0 aliphatic rings. The van der Waals surface area contributed by atoms with E-state index < -0.39 is 0 Å². The molecule has 1 aromatic carbocycles. The monoisotopic (exact) mass is 195 g/mol. The third-order valence-corrected chi connectivity index (χ3v) is 1.89. The molecular formula is C11H14ClN. The number of hydrogen-bond donors (Lipinski definition) is 0. The summed E-state index contributed by atoms with van der Waals surface area (Å²) in [5.74, 6) is 0. The number of halogens is 1. The maximum Gasteiger partial charge on any atom is 0.101 e. The topological polar surface area (TPSA) is 23.8 Å². The van der Waals surface area contributed by atoms with E-state index in [1.165, 1.54) is 0 Å². The summed E-state index contributed by atoms with van der Waals surface area (Å²) in [6.07, 6.45) is 0.936. The van der Waals surface area contributed by atoms with Crippen molar-refractivity contribution in [2.75, 3.05) is 0 Å². The average Bonchev–Trinajstić information content (AvgIpc) is 2.22. The van der Waals surface area contributed by atoms with Gasteiger partial charge in [-0.15, -0.1) is 0 Å². The van der Waals surface area contributed by atoms with Crippen molar-refractivity contribution in [3.63, 3.8) is 0 Å². The second-order valence-corrected chi connectivity index (χ2v) is 2.69. The van der Waals surface area contributed by atoms with Crippen LogP contribution in [0.15, 0.2) is 18.2 Å². The first-order valence-electron chi connectivity index (χ1n) is 4.46. The van der Waals surface area contributed by atoms with Crippen LogP contribution in [0.1, 0.15) is 31.9 Å². The van der Waals surface area contributed by atoms with Gasteiger partial charge < -0.3 is 0 Å². The molecule has 13 heavy (non-hydrogen) atoms. The molecule has 70 valence electrons. The molecule has 2 heteroatoms. The summed E-state index contributed by atoms with van der Waals surface area (Å²) in [6, 6.07) is 7.56. The summed E-state index contributed by atoms with van der Waals surface area (Å²) in [7, 11) is 0. The van der Waals surface area contributed by atoms with E-state index in [1.54, 1.807) is 6.07 Å². The fourth-order valence-corrected chi connectivity index (χ4v) is 1.04. The van der Waals surface area contributed by atoms with Crippen molar-refractivity contribution in [3.8, 4) is 6.07 Å². The predicted molar refractivity (Wildman–Crippen MR) is 56.9 cm³/mol. The lowest BCUT2D eigenvalue weighted by atomic mass is 10.1. The smallest absolute Gasteiger partial charge is 0.101 e. The van der Waals surface area contributed by atoms with Crippen LogP contribution in [0.5, 0.6) is 0 Å². The number of hydrogen-bond acceptors (Lipinski definition) is 1. The second-order valence-electron chi connectivity index (χ2n) is 2.28. The minimum absolute atomic E-state index is 0.532. The molecule has 0 aliphatic heterocycles. The van der Waals surface area contributed by atoms with E-state index in [2.05, 4.69) is 0 Å². The lowest BCUT2D eigenvalue weighted by Crippen LogP contribution is -1.82. The summed E-state index contributed by atoms with van der Waals surface area (Å²) in [5, 5.41) is 9.14. The van der Waals surface area contributed by atoms with Crippen molar-refractivity contribution < 1.29 is 0 Å². The number of aryl methyl sites for hydroxylation is 1. The van der Waals surface area contributed by atoms with Crippen LogP contribution in [0.25, 0.3) is 0 Å². The van der Waals surface area contributed by atoms with E-state index in [0.717, 1.165) is 12.0 Å². The quantitative estimate of drug-likeness (QED) is 0.669. The summed E-state index contributed by atoms with van der Waals surface area (Å²) in [4.78, 5) is 0. The Labute approximate surface area is 85.0 Å². The highest BCUT2D eigenvalue weighted by atomic mass is 35.5. The van der Waals surface area contributed by atoms with Gasteiger partial charge in [-0.3, -0.25) is 0 Å². The summed E-state index contributed by atoms with van der Waals surface area (Å²) in [5.41, 5.74) is 1.71. The number of nitrogens with zero attached hydrogens (tertiary/aromatic N) is 1. The highest BCUT2D eigenvalue weighted by Gasteiger charge is 1.98. The number of nitriles is 1. The van der Waals surface area contributed by atoms with Gasteiger partial charge in [0.2, 0.25) is 0 Å². The zero-order chi connectivity index (χ0) is 10.3. The normalized spacial score (nSPS) is 8.23. The van der Waals surface area contributed by atoms with Gasteiger partial charge in [-0.05, 0) is 24.1 Å². The largest absolute Gasteiger partial charge is 0.192 e. The van der Waals surface area contributed by atoms with Crippen molar-refractivity contribution in [2.24, 2.45) is 0 Å². The Hall–Kier alpha value is -1.00. The van der Waals surface area contributed by atoms with Crippen LogP contribution in [0.2, 0.25) is 5.02 Å². The molecule has 1 aromatic rings. The van der Waals surface area contributed by atoms with Crippen molar-refractivity contribution in [1.29, 1.82) is 5.26 Å². The van der Waals surface area contributed by atoms with Gasteiger partial charge in [0.1, 0.15) is 6.07 Å². The Morgan fingerprint density at radius 1 is 1.38 bits per heavy atom. The molecule has 0 aliphatic carbocycles. The van der Waals surface area contributed by atoms with E-state index in [-0.39, 0.29) is 0 Å². The fraction of sp³-hybridized carbons (Fsp3) is 0.364. The molecule has 0 aromatic heterocycles. The van der Waals surface area contributed by atoms with E-state index in [0.29, 0.717) is 10.6 Å². The zero-order valence-electron chi connectivity index (χ0n) is 8.26. The SMILES string of the molecule is CC.CCc1ccc(Cl)c(C#N)c1. The molecule has 0 atom stereocenters. The van der Waals surface area contributed by atoms with Crippen molar-refractivity contribution in [2.45, 2.75) is 27.2 Å². The minimum Gasteiger partial charge on any atom is -0.192 e. The third-order valence-electron chi connectivity index (χ3n) is 1.56. The first-order chi connectivity index (χ1) is 6.27. The zero-order valence-corrected chi connectivity index (χ0v) is 9.02. The lowest BCUT2D eigenvalue weighted by molar-refractivity contribution is 1.14. The Kier molecular flexibility index (Phi) is 6.01. The third kappa shape index (κ3) is 3.48. The van der Waals surface area contributed by atoms with E-state index >= 15 is 0 Å². The highest BCUT2D eigenvalue weighted by Crippen LogP contribution is 2.16. The first kappa shape index (κ1) is 12.0. The molecule has 0 bridgehead atoms. The van der Waals surface area contributed by atoms with Crippen molar-refractivity contribution in [3.05, 3.63) is 34.3 Å². The fourth-order valence-electron chi connectivity index (χ4n) is 0.878. The van der Waals surface area contributed by atoms with Gasteiger partial charge in [0.25, 0.3) is 0 Å².